The van der Waals surface area contributed by atoms with Crippen LogP contribution < -0.4 is 0 Å². The number of carbonyl (C=O) groups excluding carboxylic acids is 5. The van der Waals surface area contributed by atoms with Crippen molar-refractivity contribution in [2.75, 3.05) is 26.4 Å². The summed E-state index contributed by atoms with van der Waals surface area (Å²) in [5.74, 6) is -3.97. The number of hydrogen-bond acceptors (Lipinski definition) is 10. The van der Waals surface area contributed by atoms with Crippen molar-refractivity contribution in [2.45, 2.75) is 25.9 Å². The minimum Gasteiger partial charge on any atom is -0.461 e. The summed E-state index contributed by atoms with van der Waals surface area (Å²) < 4.78 is 13.9. The maximum Gasteiger partial charge on any atom is 0.358 e. The Hall–Kier alpha value is -2.53. The summed E-state index contributed by atoms with van der Waals surface area (Å²) in [6, 6.07) is 0. The number of nitrogens with zero attached hydrogens (tertiary/aromatic N) is 1. The van der Waals surface area contributed by atoms with Gasteiger partial charge in [0.25, 0.3) is 11.8 Å². The molecule has 1 aliphatic rings. The van der Waals surface area contributed by atoms with Gasteiger partial charge in [0.05, 0.1) is 6.61 Å². The number of ether oxygens (including phenoxy) is 3. The predicted octanol–water partition coefficient (Wildman–Crippen LogP) is -1.92. The molecule has 0 aromatic rings. The van der Waals surface area contributed by atoms with Crippen LogP contribution in [0.1, 0.15) is 19.8 Å². The van der Waals surface area contributed by atoms with Gasteiger partial charge in [0.15, 0.2) is 6.61 Å². The first-order chi connectivity index (χ1) is 11.3. The van der Waals surface area contributed by atoms with Gasteiger partial charge in [0.2, 0.25) is 0 Å². The fraction of sp³-hybridized carbons (Fsp3) is 0.615. The van der Waals surface area contributed by atoms with Crippen molar-refractivity contribution in [2.24, 2.45) is 0 Å². The van der Waals surface area contributed by atoms with Gasteiger partial charge in [-0.1, -0.05) is 0 Å². The van der Waals surface area contributed by atoms with E-state index in [2.05, 4.69) is 14.3 Å². The lowest BCUT2D eigenvalue weighted by Gasteiger charge is -2.12. The molecular formula is C13H17NO10. The van der Waals surface area contributed by atoms with Crippen molar-refractivity contribution in [3.8, 4) is 0 Å². The van der Waals surface area contributed by atoms with Crippen LogP contribution in [-0.4, -0.2) is 72.4 Å². The fourth-order valence-corrected chi connectivity index (χ4v) is 1.45. The number of aliphatic hydroxyl groups is 1. The Labute approximate surface area is 136 Å². The highest BCUT2D eigenvalue weighted by molar-refractivity contribution is 6.01. The number of imide groups is 1. The molecule has 1 aliphatic heterocycles. The molecule has 1 fully saturated rings. The molecule has 0 aliphatic carbocycles. The molecule has 11 heteroatoms. The normalized spacial score (nSPS) is 15.2. The van der Waals surface area contributed by atoms with Gasteiger partial charge in [-0.2, -0.15) is 0 Å². The summed E-state index contributed by atoms with van der Waals surface area (Å²) in [4.78, 5) is 60.3. The Morgan fingerprint density at radius 1 is 1.04 bits per heavy atom. The van der Waals surface area contributed by atoms with Crippen LogP contribution in [0.25, 0.3) is 0 Å². The second-order valence-electron chi connectivity index (χ2n) is 4.60. The summed E-state index contributed by atoms with van der Waals surface area (Å²) >= 11 is 0. The molecule has 0 aromatic heterocycles. The molecule has 0 saturated carbocycles. The van der Waals surface area contributed by atoms with Crippen LogP contribution in [0, 0.1) is 0 Å². The van der Waals surface area contributed by atoms with Crippen LogP contribution in [0.15, 0.2) is 0 Å². The molecule has 11 nitrogen and oxygen atoms in total. The van der Waals surface area contributed by atoms with E-state index in [0.29, 0.717) is 5.06 Å². The van der Waals surface area contributed by atoms with Gasteiger partial charge < -0.3 is 24.2 Å². The number of hydrogen-bond donors (Lipinski definition) is 1. The molecular weight excluding hydrogens is 330 g/mol. The summed E-state index contributed by atoms with van der Waals surface area (Å²) in [5, 5.41) is 9.22. The molecule has 1 saturated heterocycles. The molecule has 0 radical (unpaired) electrons. The number of hydroxylamine groups is 2. The molecule has 1 N–H and O–H groups in total. The summed E-state index contributed by atoms with van der Waals surface area (Å²) in [5.41, 5.74) is 0. The lowest BCUT2D eigenvalue weighted by Crippen LogP contribution is -2.33. The molecule has 24 heavy (non-hydrogen) atoms. The third-order valence-electron chi connectivity index (χ3n) is 2.58. The van der Waals surface area contributed by atoms with Crippen LogP contribution in [0.5, 0.6) is 0 Å². The van der Waals surface area contributed by atoms with Gasteiger partial charge >= 0.3 is 17.9 Å². The molecule has 1 heterocycles. The van der Waals surface area contributed by atoms with E-state index in [1.165, 1.54) is 6.92 Å². The lowest BCUT2D eigenvalue weighted by molar-refractivity contribution is -0.200. The topological polar surface area (TPSA) is 146 Å². The van der Waals surface area contributed by atoms with E-state index >= 15 is 0 Å². The van der Waals surface area contributed by atoms with Crippen LogP contribution in [0.4, 0.5) is 0 Å². The third-order valence-corrected chi connectivity index (χ3v) is 2.58. The van der Waals surface area contributed by atoms with Gasteiger partial charge in [-0.05, 0) is 6.92 Å². The van der Waals surface area contributed by atoms with Gasteiger partial charge in [0, 0.05) is 12.8 Å². The maximum absolute atomic E-state index is 11.3. The van der Waals surface area contributed by atoms with Crippen molar-refractivity contribution < 1.29 is 48.1 Å². The first-order valence-electron chi connectivity index (χ1n) is 6.96. The second-order valence-corrected chi connectivity index (χ2v) is 4.60. The van der Waals surface area contributed by atoms with E-state index < -0.39 is 49.0 Å². The highest BCUT2D eigenvalue weighted by Gasteiger charge is 2.32. The fourth-order valence-electron chi connectivity index (χ4n) is 1.45. The Bertz CT molecular complexity index is 499. The molecule has 1 unspecified atom stereocenters. The quantitative estimate of drug-likeness (QED) is 0.284. The van der Waals surface area contributed by atoms with Gasteiger partial charge in [-0.3, -0.25) is 9.59 Å². The summed E-state index contributed by atoms with van der Waals surface area (Å²) in [6.45, 7) is -0.409. The maximum atomic E-state index is 11.3. The SMILES string of the molecule is CC(O)C(=O)OCC(=O)OCCOCC(=O)ON1C(=O)CCC1=O. The monoisotopic (exact) mass is 347 g/mol. The standard InChI is InChI=1S/C13H17NO10/c1-8(15)13(20)23-7-11(18)22-5-4-21-6-12(19)24-14-9(16)2-3-10(14)17/h8,15H,2-7H2,1H3. The van der Waals surface area contributed by atoms with Crippen LogP contribution in [0.3, 0.4) is 0 Å². The minimum absolute atomic E-state index is 0.0114. The number of rotatable bonds is 9. The zero-order valence-electron chi connectivity index (χ0n) is 12.9. The first kappa shape index (κ1) is 19.5. The van der Waals surface area contributed by atoms with Crippen molar-refractivity contribution in [3.63, 3.8) is 0 Å². The van der Waals surface area contributed by atoms with Crippen molar-refractivity contribution in [3.05, 3.63) is 0 Å². The largest absolute Gasteiger partial charge is 0.461 e. The predicted molar refractivity (Wildman–Crippen MR) is 71.6 cm³/mol. The summed E-state index contributed by atoms with van der Waals surface area (Å²) in [7, 11) is 0. The summed E-state index contributed by atoms with van der Waals surface area (Å²) in [6.07, 6.45) is -1.37. The van der Waals surface area contributed by atoms with Crippen LogP contribution >= 0.6 is 0 Å². The van der Waals surface area contributed by atoms with Gasteiger partial charge in [-0.25, -0.2) is 14.4 Å². The van der Waals surface area contributed by atoms with Gasteiger partial charge in [-0.15, -0.1) is 5.06 Å². The highest BCUT2D eigenvalue weighted by atomic mass is 16.7. The van der Waals surface area contributed by atoms with E-state index in [1.54, 1.807) is 0 Å². The van der Waals surface area contributed by atoms with Crippen molar-refractivity contribution in [1.82, 2.24) is 5.06 Å². The minimum atomic E-state index is -1.35. The molecule has 0 bridgehead atoms. The third kappa shape index (κ3) is 6.71. The van der Waals surface area contributed by atoms with E-state index in [9.17, 15) is 24.0 Å². The van der Waals surface area contributed by atoms with Crippen molar-refractivity contribution in [1.29, 1.82) is 0 Å². The zero-order valence-corrected chi connectivity index (χ0v) is 12.9. The van der Waals surface area contributed by atoms with Gasteiger partial charge in [0.1, 0.15) is 19.3 Å². The number of amides is 2. The molecule has 0 aromatic carbocycles. The van der Waals surface area contributed by atoms with E-state index in [4.69, 9.17) is 9.84 Å². The second kappa shape index (κ2) is 9.57. The average Bonchev–Trinajstić information content (AvgIpc) is 2.84. The lowest BCUT2D eigenvalue weighted by atomic mass is 10.4. The molecule has 0 spiro atoms. The first-order valence-corrected chi connectivity index (χ1v) is 6.96. The number of carbonyl (C=O) groups is 5. The smallest absolute Gasteiger partial charge is 0.358 e. The molecule has 1 rings (SSSR count). The Morgan fingerprint density at radius 2 is 1.67 bits per heavy atom. The van der Waals surface area contributed by atoms with Crippen LogP contribution in [0.2, 0.25) is 0 Å². The zero-order chi connectivity index (χ0) is 18.1. The van der Waals surface area contributed by atoms with E-state index in [0.717, 1.165) is 0 Å². The Kier molecular flexibility index (Phi) is 7.79. The van der Waals surface area contributed by atoms with E-state index in [-0.39, 0.29) is 26.1 Å². The Morgan fingerprint density at radius 3 is 2.25 bits per heavy atom. The molecule has 2 amide bonds. The Balaban J connectivity index is 2.08. The van der Waals surface area contributed by atoms with E-state index in [1.807, 2.05) is 0 Å². The number of aliphatic hydroxyl groups excluding tert-OH is 1. The highest BCUT2D eigenvalue weighted by Crippen LogP contribution is 2.11. The molecule has 134 valence electrons. The average molecular weight is 347 g/mol. The molecule has 1 atom stereocenters. The number of esters is 2. The van der Waals surface area contributed by atoms with Crippen molar-refractivity contribution >= 4 is 29.7 Å². The van der Waals surface area contributed by atoms with Crippen LogP contribution in [-0.2, 0) is 43.0 Å².